The molecule has 1 unspecified atom stereocenters. The summed E-state index contributed by atoms with van der Waals surface area (Å²) < 4.78 is 5.16. The molecule has 0 saturated carbocycles. The van der Waals surface area contributed by atoms with E-state index < -0.39 is 0 Å². The first-order valence-electron chi connectivity index (χ1n) is 4.70. The van der Waals surface area contributed by atoms with Gasteiger partial charge < -0.3 is 10.1 Å². The number of thiophene rings is 1. The lowest BCUT2D eigenvalue weighted by atomic mass is 10.1. The van der Waals surface area contributed by atoms with Crippen LogP contribution in [0.4, 0.5) is 0 Å². The van der Waals surface area contributed by atoms with Crippen LogP contribution < -0.4 is 10.1 Å². The zero-order chi connectivity index (χ0) is 10.6. The van der Waals surface area contributed by atoms with Gasteiger partial charge in [-0.05, 0) is 19.5 Å². The van der Waals surface area contributed by atoms with Gasteiger partial charge in [-0.1, -0.05) is 19.1 Å². The molecule has 0 spiro atoms. The molecule has 0 saturated heterocycles. The first-order chi connectivity index (χ1) is 6.69. The summed E-state index contributed by atoms with van der Waals surface area (Å²) in [7, 11) is 1.69. The maximum atomic E-state index is 5.16. The maximum absolute atomic E-state index is 5.16. The first kappa shape index (κ1) is 11.3. The summed E-state index contributed by atoms with van der Waals surface area (Å²) in [4.78, 5) is 1.26. The minimum Gasteiger partial charge on any atom is -0.496 e. The lowest BCUT2D eigenvalue weighted by molar-refractivity contribution is 0.416. The number of hydrogen-bond acceptors (Lipinski definition) is 3. The summed E-state index contributed by atoms with van der Waals surface area (Å²) in [6, 6.07) is 2.32. The van der Waals surface area contributed by atoms with Crippen LogP contribution in [0.25, 0.3) is 0 Å². The lowest BCUT2D eigenvalue weighted by Crippen LogP contribution is -2.20. The molecule has 0 aliphatic heterocycles. The summed E-state index contributed by atoms with van der Waals surface area (Å²) in [5.41, 5.74) is 1.14. The molecule has 0 amide bonds. The van der Waals surface area contributed by atoms with E-state index in [1.807, 2.05) is 12.3 Å². The van der Waals surface area contributed by atoms with Gasteiger partial charge in [0.1, 0.15) is 5.75 Å². The van der Waals surface area contributed by atoms with Gasteiger partial charge in [-0.15, -0.1) is 11.3 Å². The van der Waals surface area contributed by atoms with E-state index in [1.165, 1.54) is 4.88 Å². The third kappa shape index (κ3) is 2.59. The zero-order valence-corrected chi connectivity index (χ0v) is 9.78. The standard InChI is InChI=1S/C11H17NOS/c1-5-12-11(8(2)3)10-6-9(13-4)7-14-10/h6-7,11-12H,2,5H2,1,3-4H3. The van der Waals surface area contributed by atoms with Gasteiger partial charge in [0, 0.05) is 10.3 Å². The third-order valence-corrected chi connectivity index (χ3v) is 2.99. The number of likely N-dealkylation sites (N-methyl/N-ethyl adjacent to an activating group) is 1. The number of nitrogens with one attached hydrogen (secondary N) is 1. The highest BCUT2D eigenvalue weighted by atomic mass is 32.1. The van der Waals surface area contributed by atoms with Gasteiger partial charge in [0.15, 0.2) is 0 Å². The number of ether oxygens (including phenoxy) is 1. The van der Waals surface area contributed by atoms with Gasteiger partial charge in [0.2, 0.25) is 0 Å². The fraction of sp³-hybridized carbons (Fsp3) is 0.455. The summed E-state index contributed by atoms with van der Waals surface area (Å²) in [5.74, 6) is 0.925. The van der Waals surface area contributed by atoms with E-state index in [0.29, 0.717) is 0 Å². The van der Waals surface area contributed by atoms with Crippen molar-refractivity contribution in [1.82, 2.24) is 5.32 Å². The second-order valence-corrected chi connectivity index (χ2v) is 4.17. The molecule has 2 nitrogen and oxygen atoms in total. The molecule has 0 aromatic carbocycles. The Bertz CT molecular complexity index is 306. The molecule has 0 bridgehead atoms. The quantitative estimate of drug-likeness (QED) is 0.756. The van der Waals surface area contributed by atoms with Crippen LogP contribution in [0.5, 0.6) is 5.75 Å². The Morgan fingerprint density at radius 3 is 2.86 bits per heavy atom. The van der Waals surface area contributed by atoms with Crippen LogP contribution >= 0.6 is 11.3 Å². The Hall–Kier alpha value is -0.800. The van der Waals surface area contributed by atoms with Gasteiger partial charge >= 0.3 is 0 Å². The second kappa shape index (κ2) is 5.17. The summed E-state index contributed by atoms with van der Waals surface area (Å²) in [5, 5.41) is 5.41. The molecule has 0 fully saturated rings. The van der Waals surface area contributed by atoms with E-state index in [9.17, 15) is 0 Å². The fourth-order valence-electron chi connectivity index (χ4n) is 1.31. The summed E-state index contributed by atoms with van der Waals surface area (Å²) in [6.45, 7) is 9.07. The van der Waals surface area contributed by atoms with E-state index >= 15 is 0 Å². The van der Waals surface area contributed by atoms with Crippen molar-refractivity contribution >= 4 is 11.3 Å². The minimum absolute atomic E-state index is 0.258. The minimum atomic E-state index is 0.258. The van der Waals surface area contributed by atoms with Crippen LogP contribution in [0.3, 0.4) is 0 Å². The molecule has 0 radical (unpaired) electrons. The van der Waals surface area contributed by atoms with E-state index in [4.69, 9.17) is 4.74 Å². The molecule has 1 rings (SSSR count). The number of hydrogen-bond donors (Lipinski definition) is 1. The highest BCUT2D eigenvalue weighted by molar-refractivity contribution is 7.10. The maximum Gasteiger partial charge on any atom is 0.129 e. The molecule has 0 aliphatic rings. The second-order valence-electron chi connectivity index (χ2n) is 3.23. The Morgan fingerprint density at radius 1 is 1.71 bits per heavy atom. The molecule has 1 aromatic rings. The van der Waals surface area contributed by atoms with Crippen LogP contribution in [-0.4, -0.2) is 13.7 Å². The highest BCUT2D eigenvalue weighted by Crippen LogP contribution is 2.30. The SMILES string of the molecule is C=C(C)C(NCC)c1cc(OC)cs1. The molecule has 1 atom stereocenters. The van der Waals surface area contributed by atoms with Gasteiger partial charge in [-0.3, -0.25) is 0 Å². The molecule has 1 heterocycles. The van der Waals surface area contributed by atoms with Gasteiger partial charge in [-0.2, -0.15) is 0 Å². The van der Waals surface area contributed by atoms with Crippen molar-refractivity contribution in [3.8, 4) is 5.75 Å². The van der Waals surface area contributed by atoms with Crippen molar-refractivity contribution in [3.63, 3.8) is 0 Å². The van der Waals surface area contributed by atoms with Gasteiger partial charge in [0.05, 0.1) is 13.2 Å². The third-order valence-electron chi connectivity index (χ3n) is 2.02. The zero-order valence-electron chi connectivity index (χ0n) is 8.96. The monoisotopic (exact) mass is 211 g/mol. The number of methoxy groups -OCH3 is 1. The largest absolute Gasteiger partial charge is 0.496 e. The molecule has 1 N–H and O–H groups in total. The van der Waals surface area contributed by atoms with Crippen molar-refractivity contribution < 1.29 is 4.74 Å². The van der Waals surface area contributed by atoms with Gasteiger partial charge in [-0.25, -0.2) is 0 Å². The Morgan fingerprint density at radius 2 is 2.43 bits per heavy atom. The highest BCUT2D eigenvalue weighted by Gasteiger charge is 2.13. The molecule has 0 aliphatic carbocycles. The van der Waals surface area contributed by atoms with Crippen molar-refractivity contribution in [3.05, 3.63) is 28.5 Å². The molecular formula is C11H17NOS. The van der Waals surface area contributed by atoms with Crippen LogP contribution in [0, 0.1) is 0 Å². The Kier molecular flexibility index (Phi) is 4.17. The van der Waals surface area contributed by atoms with Gasteiger partial charge in [0.25, 0.3) is 0 Å². The van der Waals surface area contributed by atoms with E-state index in [1.54, 1.807) is 18.4 Å². The predicted molar refractivity (Wildman–Crippen MR) is 62.1 cm³/mol. The van der Waals surface area contributed by atoms with Crippen molar-refractivity contribution in [2.24, 2.45) is 0 Å². The van der Waals surface area contributed by atoms with E-state index in [2.05, 4.69) is 24.9 Å². The average molecular weight is 211 g/mol. The number of rotatable bonds is 5. The lowest BCUT2D eigenvalue weighted by Gasteiger charge is -2.15. The average Bonchev–Trinajstić information content (AvgIpc) is 2.61. The van der Waals surface area contributed by atoms with E-state index in [0.717, 1.165) is 17.9 Å². The summed E-state index contributed by atoms with van der Waals surface area (Å²) in [6.07, 6.45) is 0. The first-order valence-corrected chi connectivity index (χ1v) is 5.58. The molecule has 3 heteroatoms. The van der Waals surface area contributed by atoms with Crippen LogP contribution in [-0.2, 0) is 0 Å². The predicted octanol–water partition coefficient (Wildman–Crippen LogP) is 2.98. The smallest absolute Gasteiger partial charge is 0.129 e. The fourth-order valence-corrected chi connectivity index (χ4v) is 2.34. The molecular weight excluding hydrogens is 194 g/mol. The van der Waals surface area contributed by atoms with Crippen molar-refractivity contribution in [2.75, 3.05) is 13.7 Å². The summed E-state index contributed by atoms with van der Waals surface area (Å²) >= 11 is 1.70. The van der Waals surface area contributed by atoms with Crippen molar-refractivity contribution in [2.45, 2.75) is 19.9 Å². The molecule has 14 heavy (non-hydrogen) atoms. The van der Waals surface area contributed by atoms with Crippen LogP contribution in [0.15, 0.2) is 23.6 Å². The van der Waals surface area contributed by atoms with Crippen LogP contribution in [0.2, 0.25) is 0 Å². The molecule has 1 aromatic heterocycles. The normalized spacial score (nSPS) is 12.5. The molecule has 78 valence electrons. The van der Waals surface area contributed by atoms with Crippen LogP contribution in [0.1, 0.15) is 24.8 Å². The topological polar surface area (TPSA) is 21.3 Å². The van der Waals surface area contributed by atoms with Crippen molar-refractivity contribution in [1.29, 1.82) is 0 Å². The van der Waals surface area contributed by atoms with E-state index in [-0.39, 0.29) is 6.04 Å². The Balaban J connectivity index is 2.81. The Labute approximate surface area is 89.6 Å².